The largest absolute Gasteiger partial charge is 0.497 e. The first-order valence-electron chi connectivity index (χ1n) is 9.26. The van der Waals surface area contributed by atoms with Crippen LogP contribution in [0.25, 0.3) is 5.65 Å². The molecule has 1 atom stereocenters. The van der Waals surface area contributed by atoms with E-state index in [-0.39, 0.29) is 11.8 Å². The van der Waals surface area contributed by atoms with Crippen LogP contribution in [-0.2, 0) is 4.79 Å². The molecule has 0 saturated carbocycles. The maximum atomic E-state index is 13.0. The molecule has 7 nitrogen and oxygen atoms in total. The third-order valence-corrected chi connectivity index (χ3v) is 5.01. The summed E-state index contributed by atoms with van der Waals surface area (Å²) in [4.78, 5) is 31.8. The summed E-state index contributed by atoms with van der Waals surface area (Å²) in [7, 11) is 1.59. The summed E-state index contributed by atoms with van der Waals surface area (Å²) in [5.74, 6) is 0.321. The SMILES string of the molecule is COc1ccc(NC(=O)[C@H]2CCCN2C(=O)c2cn3ccc(C)cc3n2)cc1. The van der Waals surface area contributed by atoms with Crippen molar-refractivity contribution in [3.63, 3.8) is 0 Å². The van der Waals surface area contributed by atoms with Gasteiger partial charge in [-0.05, 0) is 61.7 Å². The number of aromatic nitrogens is 2. The fourth-order valence-electron chi connectivity index (χ4n) is 3.52. The number of carbonyl (C=O) groups is 2. The number of aryl methyl sites for hydroxylation is 1. The van der Waals surface area contributed by atoms with E-state index in [1.165, 1.54) is 0 Å². The van der Waals surface area contributed by atoms with E-state index in [0.717, 1.165) is 23.4 Å². The van der Waals surface area contributed by atoms with E-state index in [0.29, 0.717) is 24.3 Å². The Morgan fingerprint density at radius 1 is 1.21 bits per heavy atom. The molecule has 28 heavy (non-hydrogen) atoms. The highest BCUT2D eigenvalue weighted by Gasteiger charge is 2.35. The summed E-state index contributed by atoms with van der Waals surface area (Å²) in [6, 6.07) is 10.5. The molecule has 1 aliphatic rings. The summed E-state index contributed by atoms with van der Waals surface area (Å²) >= 11 is 0. The van der Waals surface area contributed by atoms with Crippen LogP contribution in [0.2, 0.25) is 0 Å². The van der Waals surface area contributed by atoms with Gasteiger partial charge in [-0.1, -0.05) is 0 Å². The van der Waals surface area contributed by atoms with Gasteiger partial charge in [0.1, 0.15) is 23.1 Å². The van der Waals surface area contributed by atoms with Crippen molar-refractivity contribution in [1.29, 1.82) is 0 Å². The lowest BCUT2D eigenvalue weighted by Gasteiger charge is -2.23. The molecule has 3 heterocycles. The summed E-state index contributed by atoms with van der Waals surface area (Å²) in [6.07, 6.45) is 5.03. The molecule has 0 bridgehead atoms. The van der Waals surface area contributed by atoms with Crippen molar-refractivity contribution in [1.82, 2.24) is 14.3 Å². The van der Waals surface area contributed by atoms with Crippen molar-refractivity contribution in [3.8, 4) is 5.75 Å². The monoisotopic (exact) mass is 378 g/mol. The molecule has 0 aliphatic carbocycles. The van der Waals surface area contributed by atoms with Gasteiger partial charge in [-0.3, -0.25) is 9.59 Å². The number of fused-ring (bicyclic) bond motifs is 1. The quantitative estimate of drug-likeness (QED) is 0.757. The van der Waals surface area contributed by atoms with Gasteiger partial charge >= 0.3 is 0 Å². The van der Waals surface area contributed by atoms with Crippen LogP contribution in [0.5, 0.6) is 5.75 Å². The Hall–Kier alpha value is -3.35. The zero-order valence-electron chi connectivity index (χ0n) is 15.9. The zero-order valence-corrected chi connectivity index (χ0v) is 15.9. The second-order valence-corrected chi connectivity index (χ2v) is 6.97. The van der Waals surface area contributed by atoms with Gasteiger partial charge in [0, 0.05) is 24.6 Å². The number of methoxy groups -OCH3 is 1. The van der Waals surface area contributed by atoms with Crippen molar-refractivity contribution in [2.24, 2.45) is 0 Å². The van der Waals surface area contributed by atoms with Crippen LogP contribution >= 0.6 is 0 Å². The standard InChI is InChI=1S/C21H22N4O3/c1-14-9-11-24-13-17(23-19(24)12-14)21(27)25-10-3-4-18(25)20(26)22-15-5-7-16(28-2)8-6-15/h5-9,11-13,18H,3-4,10H2,1-2H3,(H,22,26)/t18-/m1/s1. The number of nitrogens with zero attached hydrogens (tertiary/aromatic N) is 3. The highest BCUT2D eigenvalue weighted by molar-refractivity contribution is 6.01. The minimum Gasteiger partial charge on any atom is -0.497 e. The van der Waals surface area contributed by atoms with Crippen molar-refractivity contribution < 1.29 is 14.3 Å². The molecule has 0 unspecified atom stereocenters. The number of amides is 2. The van der Waals surface area contributed by atoms with Crippen LogP contribution < -0.4 is 10.1 Å². The number of imidazole rings is 1. The predicted molar refractivity (Wildman–Crippen MR) is 106 cm³/mol. The number of benzene rings is 1. The topological polar surface area (TPSA) is 75.9 Å². The number of likely N-dealkylation sites (tertiary alicyclic amines) is 1. The predicted octanol–water partition coefficient (Wildman–Crippen LogP) is 2.89. The second-order valence-electron chi connectivity index (χ2n) is 6.97. The molecule has 1 aromatic carbocycles. The van der Waals surface area contributed by atoms with Crippen LogP contribution in [-0.4, -0.2) is 45.8 Å². The van der Waals surface area contributed by atoms with Gasteiger partial charge in [-0.15, -0.1) is 0 Å². The summed E-state index contributed by atoms with van der Waals surface area (Å²) in [5, 5.41) is 2.89. The van der Waals surface area contributed by atoms with Crippen LogP contribution in [0.3, 0.4) is 0 Å². The lowest BCUT2D eigenvalue weighted by atomic mass is 10.2. The molecule has 1 aliphatic heterocycles. The van der Waals surface area contributed by atoms with Gasteiger partial charge in [0.05, 0.1) is 7.11 Å². The molecule has 1 fully saturated rings. The first-order chi connectivity index (χ1) is 13.5. The lowest BCUT2D eigenvalue weighted by Crippen LogP contribution is -2.43. The van der Waals surface area contributed by atoms with Crippen molar-refractivity contribution in [2.75, 3.05) is 19.0 Å². The first kappa shape index (κ1) is 18.0. The number of nitrogens with one attached hydrogen (secondary N) is 1. The molecule has 0 radical (unpaired) electrons. The van der Waals surface area contributed by atoms with E-state index < -0.39 is 6.04 Å². The van der Waals surface area contributed by atoms with Gasteiger partial charge < -0.3 is 19.4 Å². The van der Waals surface area contributed by atoms with Crippen LogP contribution in [0.15, 0.2) is 48.8 Å². The Bertz CT molecular complexity index is 1030. The number of ether oxygens (including phenoxy) is 1. The molecule has 3 aromatic rings. The molecule has 1 N–H and O–H groups in total. The maximum absolute atomic E-state index is 13.0. The highest BCUT2D eigenvalue weighted by atomic mass is 16.5. The van der Waals surface area contributed by atoms with Crippen molar-refractivity contribution in [2.45, 2.75) is 25.8 Å². The second kappa shape index (κ2) is 7.34. The zero-order chi connectivity index (χ0) is 19.7. The Balaban J connectivity index is 1.51. The third kappa shape index (κ3) is 3.43. The average molecular weight is 378 g/mol. The van der Waals surface area contributed by atoms with E-state index in [1.807, 2.05) is 29.7 Å². The van der Waals surface area contributed by atoms with E-state index >= 15 is 0 Å². The third-order valence-electron chi connectivity index (χ3n) is 5.01. The van der Waals surface area contributed by atoms with Crippen molar-refractivity contribution in [3.05, 3.63) is 60.0 Å². The number of anilines is 1. The summed E-state index contributed by atoms with van der Waals surface area (Å²) < 4.78 is 6.95. The van der Waals surface area contributed by atoms with E-state index in [4.69, 9.17) is 4.74 Å². The van der Waals surface area contributed by atoms with Gasteiger partial charge in [0.2, 0.25) is 5.91 Å². The fourth-order valence-corrected chi connectivity index (χ4v) is 3.52. The molecule has 7 heteroatoms. The maximum Gasteiger partial charge on any atom is 0.274 e. The normalized spacial score (nSPS) is 16.4. The molecule has 144 valence electrons. The first-order valence-corrected chi connectivity index (χ1v) is 9.26. The highest BCUT2D eigenvalue weighted by Crippen LogP contribution is 2.23. The molecular formula is C21H22N4O3. The van der Waals surface area contributed by atoms with Gasteiger partial charge in [0.15, 0.2) is 0 Å². The molecule has 0 spiro atoms. The van der Waals surface area contributed by atoms with Crippen LogP contribution in [0.1, 0.15) is 28.9 Å². The van der Waals surface area contributed by atoms with Gasteiger partial charge in [-0.2, -0.15) is 0 Å². The smallest absolute Gasteiger partial charge is 0.274 e. The van der Waals surface area contributed by atoms with Gasteiger partial charge in [0.25, 0.3) is 5.91 Å². The number of pyridine rings is 1. The summed E-state index contributed by atoms with van der Waals surface area (Å²) in [6.45, 7) is 2.53. The van der Waals surface area contributed by atoms with Crippen molar-refractivity contribution >= 4 is 23.1 Å². The average Bonchev–Trinajstić information content (AvgIpc) is 3.34. The van der Waals surface area contributed by atoms with Gasteiger partial charge in [-0.25, -0.2) is 4.98 Å². The molecule has 2 aromatic heterocycles. The molecule has 4 rings (SSSR count). The minimum absolute atomic E-state index is 0.185. The Labute approximate surface area is 162 Å². The van der Waals surface area contributed by atoms with E-state index in [2.05, 4.69) is 10.3 Å². The number of hydrogen-bond acceptors (Lipinski definition) is 4. The number of hydrogen-bond donors (Lipinski definition) is 1. The van der Waals surface area contributed by atoms with Crippen LogP contribution in [0, 0.1) is 6.92 Å². The summed E-state index contributed by atoms with van der Waals surface area (Å²) in [5.41, 5.74) is 2.83. The fraction of sp³-hybridized carbons (Fsp3) is 0.286. The Morgan fingerprint density at radius 3 is 2.75 bits per heavy atom. The van der Waals surface area contributed by atoms with E-state index in [9.17, 15) is 9.59 Å². The van der Waals surface area contributed by atoms with Crippen LogP contribution in [0.4, 0.5) is 5.69 Å². The lowest BCUT2D eigenvalue weighted by molar-refractivity contribution is -0.119. The number of carbonyl (C=O) groups excluding carboxylic acids is 2. The van der Waals surface area contributed by atoms with E-state index in [1.54, 1.807) is 42.5 Å². The Morgan fingerprint density at radius 2 is 2.00 bits per heavy atom. The molecule has 2 amide bonds. The minimum atomic E-state index is -0.499. The Kier molecular flexibility index (Phi) is 4.73. The number of rotatable bonds is 4. The molecule has 1 saturated heterocycles. The molecular weight excluding hydrogens is 356 g/mol.